The van der Waals surface area contributed by atoms with Crippen molar-refractivity contribution < 1.29 is 27.5 Å². The van der Waals surface area contributed by atoms with E-state index in [2.05, 4.69) is 5.32 Å². The lowest BCUT2D eigenvalue weighted by molar-refractivity contribution is -0.143. The van der Waals surface area contributed by atoms with Crippen molar-refractivity contribution in [3.05, 3.63) is 46.7 Å². The van der Waals surface area contributed by atoms with Gasteiger partial charge >= 0.3 is 18.2 Å². The Morgan fingerprint density at radius 2 is 1.80 bits per heavy atom. The summed E-state index contributed by atoms with van der Waals surface area (Å²) in [5, 5.41) is 2.62. The van der Waals surface area contributed by atoms with Gasteiger partial charge < -0.3 is 15.0 Å². The summed E-state index contributed by atoms with van der Waals surface area (Å²) in [4.78, 5) is 25.8. The molecule has 0 radical (unpaired) electrons. The zero-order chi connectivity index (χ0) is 18.9. The molecule has 136 valence electrons. The van der Waals surface area contributed by atoms with Gasteiger partial charge in [-0.25, -0.2) is 9.59 Å². The van der Waals surface area contributed by atoms with Crippen molar-refractivity contribution in [2.45, 2.75) is 39.1 Å². The zero-order valence-corrected chi connectivity index (χ0v) is 14.3. The minimum absolute atomic E-state index is 0.190. The zero-order valence-electron chi connectivity index (χ0n) is 14.3. The first kappa shape index (κ1) is 18.8. The molecule has 1 aromatic carbocycles. The molecule has 8 heteroatoms. The molecule has 1 aromatic rings. The maximum atomic E-state index is 12.7. The predicted octanol–water partition coefficient (Wildman–Crippen LogP) is 3.63. The minimum Gasteiger partial charge on any atom is -0.459 e. The topological polar surface area (TPSA) is 58.6 Å². The van der Waals surface area contributed by atoms with Gasteiger partial charge in [0.05, 0.1) is 23.3 Å². The Morgan fingerprint density at radius 3 is 2.28 bits per heavy atom. The van der Waals surface area contributed by atoms with Crippen molar-refractivity contribution in [3.63, 3.8) is 0 Å². The normalized spacial score (nSPS) is 18.5. The summed E-state index contributed by atoms with van der Waals surface area (Å²) < 4.78 is 43.4. The van der Waals surface area contributed by atoms with Gasteiger partial charge in [-0.1, -0.05) is 12.1 Å². The fourth-order valence-electron chi connectivity index (χ4n) is 2.49. The number of carbonyl (C=O) groups is 2. The van der Waals surface area contributed by atoms with Gasteiger partial charge in [-0.15, -0.1) is 0 Å². The molecule has 2 rings (SSSR count). The van der Waals surface area contributed by atoms with E-state index in [1.807, 2.05) is 0 Å². The lowest BCUT2D eigenvalue weighted by Gasteiger charge is -2.33. The molecule has 0 aliphatic carbocycles. The lowest BCUT2D eigenvalue weighted by atomic mass is 9.94. The molecule has 0 bridgehead atoms. The molecular formula is C17H19F3N2O3. The van der Waals surface area contributed by atoms with Crippen LogP contribution in [0.5, 0.6) is 0 Å². The maximum Gasteiger partial charge on any atom is 0.416 e. The number of nitrogens with one attached hydrogen (secondary N) is 1. The number of urea groups is 1. The van der Waals surface area contributed by atoms with E-state index in [1.165, 1.54) is 24.1 Å². The number of ether oxygens (including phenoxy) is 1. The summed E-state index contributed by atoms with van der Waals surface area (Å²) in [6.07, 6.45) is -4.83. The lowest BCUT2D eigenvalue weighted by Crippen LogP contribution is -2.46. The smallest absolute Gasteiger partial charge is 0.416 e. The standard InChI is InChI=1S/C17H19F3N2O3/c1-9(2)25-15(23)13-10(3)22(4)16(24)21-14(13)11-5-7-12(8-6-11)17(18,19)20/h5-9,14H,1-4H3,(H,21,24)/t14-/m1/s1. The Kier molecular flexibility index (Phi) is 5.10. The highest BCUT2D eigenvalue weighted by molar-refractivity contribution is 5.95. The van der Waals surface area contributed by atoms with Crippen LogP contribution in [0.1, 0.15) is 37.9 Å². The molecule has 0 unspecified atom stereocenters. The highest BCUT2D eigenvalue weighted by Crippen LogP contribution is 2.34. The van der Waals surface area contributed by atoms with Gasteiger partial charge in [0.25, 0.3) is 0 Å². The van der Waals surface area contributed by atoms with E-state index in [-0.39, 0.29) is 11.7 Å². The third-order valence-corrected chi connectivity index (χ3v) is 3.89. The second-order valence-electron chi connectivity index (χ2n) is 6.01. The van der Waals surface area contributed by atoms with E-state index in [4.69, 9.17) is 4.74 Å². The first-order valence-corrected chi connectivity index (χ1v) is 7.65. The number of nitrogens with zero attached hydrogens (tertiary/aromatic N) is 1. The summed E-state index contributed by atoms with van der Waals surface area (Å²) in [6.45, 7) is 4.96. The van der Waals surface area contributed by atoms with E-state index < -0.39 is 29.8 Å². The van der Waals surface area contributed by atoms with Gasteiger partial charge in [-0.3, -0.25) is 0 Å². The highest BCUT2D eigenvalue weighted by Gasteiger charge is 2.36. The summed E-state index contributed by atoms with van der Waals surface area (Å²) >= 11 is 0. The molecule has 5 nitrogen and oxygen atoms in total. The van der Waals surface area contributed by atoms with Crippen LogP contribution in [-0.4, -0.2) is 30.1 Å². The minimum atomic E-state index is -4.46. The average molecular weight is 356 g/mol. The van der Waals surface area contributed by atoms with Crippen LogP contribution in [0.15, 0.2) is 35.5 Å². The Balaban J connectivity index is 2.46. The first-order chi connectivity index (χ1) is 11.5. The highest BCUT2D eigenvalue weighted by atomic mass is 19.4. The quantitative estimate of drug-likeness (QED) is 0.842. The monoisotopic (exact) mass is 356 g/mol. The molecule has 1 atom stereocenters. The summed E-state index contributed by atoms with van der Waals surface area (Å²) in [7, 11) is 1.50. The fourth-order valence-corrected chi connectivity index (χ4v) is 2.49. The van der Waals surface area contributed by atoms with Gasteiger partial charge in [0.15, 0.2) is 0 Å². The van der Waals surface area contributed by atoms with Crippen molar-refractivity contribution in [2.24, 2.45) is 0 Å². The van der Waals surface area contributed by atoms with Crippen LogP contribution in [0.2, 0.25) is 0 Å². The molecular weight excluding hydrogens is 337 g/mol. The molecule has 0 aromatic heterocycles. The SMILES string of the molecule is CC1=C(C(=O)OC(C)C)[C@@H](c2ccc(C(F)(F)F)cc2)NC(=O)N1C. The molecule has 1 aliphatic heterocycles. The Hall–Kier alpha value is -2.51. The van der Waals surface area contributed by atoms with Crippen molar-refractivity contribution in [3.8, 4) is 0 Å². The van der Waals surface area contributed by atoms with E-state index in [1.54, 1.807) is 20.8 Å². The van der Waals surface area contributed by atoms with Crippen molar-refractivity contribution in [2.75, 3.05) is 7.05 Å². The van der Waals surface area contributed by atoms with Crippen molar-refractivity contribution >= 4 is 12.0 Å². The van der Waals surface area contributed by atoms with E-state index in [0.717, 1.165) is 12.1 Å². The number of benzene rings is 1. The van der Waals surface area contributed by atoms with Crippen LogP contribution >= 0.6 is 0 Å². The predicted molar refractivity (Wildman–Crippen MR) is 84.4 cm³/mol. The third-order valence-electron chi connectivity index (χ3n) is 3.89. The van der Waals surface area contributed by atoms with Gasteiger partial charge in [-0.2, -0.15) is 13.2 Å². The van der Waals surface area contributed by atoms with Crippen molar-refractivity contribution in [1.82, 2.24) is 10.2 Å². The number of allylic oxidation sites excluding steroid dienone is 1. The molecule has 25 heavy (non-hydrogen) atoms. The number of halogens is 3. The molecule has 0 spiro atoms. The molecule has 0 fully saturated rings. The summed E-state index contributed by atoms with van der Waals surface area (Å²) in [5.74, 6) is -0.621. The number of esters is 1. The summed E-state index contributed by atoms with van der Waals surface area (Å²) in [5.41, 5.74) is 0.141. The third kappa shape index (κ3) is 3.94. The first-order valence-electron chi connectivity index (χ1n) is 7.65. The number of alkyl halides is 3. The molecule has 1 heterocycles. The number of amides is 2. The van der Waals surface area contributed by atoms with Crippen LogP contribution in [0.25, 0.3) is 0 Å². The van der Waals surface area contributed by atoms with Gasteiger partial charge in [0.1, 0.15) is 0 Å². The van der Waals surface area contributed by atoms with Crippen LogP contribution < -0.4 is 5.32 Å². The molecule has 1 N–H and O–H groups in total. The van der Waals surface area contributed by atoms with Crippen LogP contribution in [0.3, 0.4) is 0 Å². The Bertz CT molecular complexity index is 709. The largest absolute Gasteiger partial charge is 0.459 e. The van der Waals surface area contributed by atoms with Crippen molar-refractivity contribution in [1.29, 1.82) is 0 Å². The fraction of sp³-hybridized carbons (Fsp3) is 0.412. The maximum absolute atomic E-state index is 12.7. The number of rotatable bonds is 3. The Labute approximate surface area is 143 Å². The van der Waals surface area contributed by atoms with E-state index in [9.17, 15) is 22.8 Å². The van der Waals surface area contributed by atoms with Gasteiger partial charge in [-0.05, 0) is 38.5 Å². The van der Waals surface area contributed by atoms with Gasteiger partial charge in [0.2, 0.25) is 0 Å². The molecule has 1 aliphatic rings. The summed E-state index contributed by atoms with van der Waals surface area (Å²) in [6, 6.07) is 2.99. The van der Waals surface area contributed by atoms with Crippen LogP contribution in [-0.2, 0) is 15.7 Å². The molecule has 0 saturated heterocycles. The number of hydrogen-bond donors (Lipinski definition) is 1. The number of hydrogen-bond acceptors (Lipinski definition) is 3. The second-order valence-corrected chi connectivity index (χ2v) is 6.01. The van der Waals surface area contributed by atoms with E-state index in [0.29, 0.717) is 11.3 Å². The molecule has 0 saturated carbocycles. The average Bonchev–Trinajstić information content (AvgIpc) is 2.50. The number of carbonyl (C=O) groups excluding carboxylic acids is 2. The van der Waals surface area contributed by atoms with Gasteiger partial charge in [0, 0.05) is 12.7 Å². The molecule has 2 amide bonds. The van der Waals surface area contributed by atoms with E-state index >= 15 is 0 Å². The van der Waals surface area contributed by atoms with Crippen LogP contribution in [0, 0.1) is 0 Å². The second kappa shape index (κ2) is 6.78. The van der Waals surface area contributed by atoms with Crippen LogP contribution in [0.4, 0.5) is 18.0 Å². The Morgan fingerprint density at radius 1 is 1.24 bits per heavy atom.